The van der Waals surface area contributed by atoms with Gasteiger partial charge in [0.15, 0.2) is 0 Å². The second-order valence-corrected chi connectivity index (χ2v) is 6.44. The van der Waals surface area contributed by atoms with E-state index in [-0.39, 0.29) is 6.04 Å². The summed E-state index contributed by atoms with van der Waals surface area (Å²) < 4.78 is 5.59. The van der Waals surface area contributed by atoms with E-state index in [1.54, 1.807) is 11.3 Å². The van der Waals surface area contributed by atoms with Crippen molar-refractivity contribution in [1.82, 2.24) is 10.3 Å². The molecule has 1 unspecified atom stereocenters. The summed E-state index contributed by atoms with van der Waals surface area (Å²) in [6, 6.07) is 7.08. The number of rotatable bonds is 4. The normalized spacial score (nSPS) is 15.2. The van der Waals surface area contributed by atoms with Gasteiger partial charge in [0, 0.05) is 23.5 Å². The highest BCUT2D eigenvalue weighted by Crippen LogP contribution is 2.31. The molecule has 3 nitrogen and oxygen atoms in total. The third-order valence-corrected chi connectivity index (χ3v) is 4.46. The molecule has 2 aromatic rings. The Kier molecular flexibility index (Phi) is 3.76. The highest BCUT2D eigenvalue weighted by atomic mass is 32.1. The van der Waals surface area contributed by atoms with Gasteiger partial charge in [-0.2, -0.15) is 0 Å². The van der Waals surface area contributed by atoms with E-state index in [9.17, 15) is 0 Å². The van der Waals surface area contributed by atoms with Crippen LogP contribution in [-0.4, -0.2) is 17.6 Å². The maximum absolute atomic E-state index is 5.59. The molecular formula is C16H20N2OS. The summed E-state index contributed by atoms with van der Waals surface area (Å²) in [7, 11) is 0. The summed E-state index contributed by atoms with van der Waals surface area (Å²) in [6.45, 7) is 7.19. The molecule has 1 aliphatic heterocycles. The molecule has 1 aromatic heterocycles. The molecule has 0 fully saturated rings. The molecule has 0 aliphatic carbocycles. The second kappa shape index (κ2) is 5.54. The van der Waals surface area contributed by atoms with Crippen LogP contribution in [0.15, 0.2) is 23.6 Å². The lowest BCUT2D eigenvalue weighted by Gasteiger charge is -2.20. The van der Waals surface area contributed by atoms with Crippen LogP contribution in [0.25, 0.3) is 0 Å². The Morgan fingerprint density at radius 3 is 2.90 bits per heavy atom. The minimum absolute atomic E-state index is 0.166. The summed E-state index contributed by atoms with van der Waals surface area (Å²) in [5.74, 6) is 1.03. The predicted molar refractivity (Wildman–Crippen MR) is 82.6 cm³/mol. The van der Waals surface area contributed by atoms with Gasteiger partial charge in [0.05, 0.1) is 12.6 Å². The summed E-state index contributed by atoms with van der Waals surface area (Å²) in [5, 5.41) is 6.87. The molecule has 2 heterocycles. The lowest BCUT2D eigenvalue weighted by atomic mass is 10.0. The van der Waals surface area contributed by atoms with E-state index in [2.05, 4.69) is 47.7 Å². The van der Waals surface area contributed by atoms with Crippen molar-refractivity contribution in [3.05, 3.63) is 45.4 Å². The molecule has 1 aliphatic rings. The zero-order valence-electron chi connectivity index (χ0n) is 12.1. The number of hydrogen-bond acceptors (Lipinski definition) is 4. The summed E-state index contributed by atoms with van der Waals surface area (Å²) in [6.07, 6.45) is 1.01. The Balaban J connectivity index is 1.96. The highest BCUT2D eigenvalue weighted by Gasteiger charge is 2.21. The van der Waals surface area contributed by atoms with Crippen LogP contribution in [0.4, 0.5) is 0 Å². The maximum Gasteiger partial charge on any atom is 0.122 e. The molecular weight excluding hydrogens is 268 g/mol. The van der Waals surface area contributed by atoms with Crippen molar-refractivity contribution in [3.8, 4) is 5.75 Å². The third kappa shape index (κ3) is 2.72. The summed E-state index contributed by atoms with van der Waals surface area (Å²) in [4.78, 5) is 4.66. The molecule has 0 saturated carbocycles. The van der Waals surface area contributed by atoms with Crippen LogP contribution in [0, 0.1) is 6.92 Å². The van der Waals surface area contributed by atoms with Crippen LogP contribution < -0.4 is 10.1 Å². The molecule has 3 rings (SSSR count). The van der Waals surface area contributed by atoms with E-state index in [4.69, 9.17) is 4.74 Å². The zero-order chi connectivity index (χ0) is 14.1. The number of nitrogens with one attached hydrogen (secondary N) is 1. The van der Waals surface area contributed by atoms with Crippen LogP contribution >= 0.6 is 11.3 Å². The highest BCUT2D eigenvalue weighted by molar-refractivity contribution is 7.09. The lowest BCUT2D eigenvalue weighted by molar-refractivity contribution is 0.356. The van der Waals surface area contributed by atoms with Crippen molar-refractivity contribution < 1.29 is 4.74 Å². The van der Waals surface area contributed by atoms with Crippen molar-refractivity contribution in [2.45, 2.75) is 39.3 Å². The molecule has 1 N–H and O–H groups in total. The average molecular weight is 288 g/mol. The number of benzene rings is 1. The van der Waals surface area contributed by atoms with E-state index in [1.807, 2.05) is 6.92 Å². The quantitative estimate of drug-likeness (QED) is 0.935. The number of nitrogens with zero attached hydrogens (tertiary/aromatic N) is 1. The monoisotopic (exact) mass is 288 g/mol. The van der Waals surface area contributed by atoms with Gasteiger partial charge in [0.2, 0.25) is 0 Å². The second-order valence-electron chi connectivity index (χ2n) is 5.55. The average Bonchev–Trinajstić information content (AvgIpc) is 3.03. The molecule has 4 heteroatoms. The van der Waals surface area contributed by atoms with Gasteiger partial charge in [0.25, 0.3) is 0 Å². The summed E-state index contributed by atoms with van der Waals surface area (Å²) >= 11 is 1.72. The topological polar surface area (TPSA) is 34.1 Å². The first-order valence-corrected chi connectivity index (χ1v) is 7.95. The molecule has 0 saturated heterocycles. The first-order valence-electron chi connectivity index (χ1n) is 7.07. The van der Waals surface area contributed by atoms with Gasteiger partial charge in [-0.1, -0.05) is 6.07 Å². The Bertz CT molecular complexity index is 606. The number of aromatic nitrogens is 1. The number of ether oxygens (including phenoxy) is 1. The third-order valence-electron chi connectivity index (χ3n) is 3.43. The SMILES string of the molecule is Cc1csc(C(NC(C)C)c2ccc3c(c2)CCO3)n1. The molecule has 0 amide bonds. The molecule has 0 spiro atoms. The summed E-state index contributed by atoms with van der Waals surface area (Å²) in [5.41, 5.74) is 3.67. The van der Waals surface area contributed by atoms with E-state index in [0.717, 1.165) is 29.5 Å². The standard InChI is InChI=1S/C16H20N2OS/c1-10(2)17-15(16-18-11(3)9-20-16)13-4-5-14-12(8-13)6-7-19-14/h4-5,8-10,15,17H,6-7H2,1-3H3. The molecule has 106 valence electrons. The first-order chi connectivity index (χ1) is 9.63. The van der Waals surface area contributed by atoms with E-state index < -0.39 is 0 Å². The molecule has 0 bridgehead atoms. The number of thiazole rings is 1. The van der Waals surface area contributed by atoms with Crippen LogP contribution in [0.2, 0.25) is 0 Å². The Labute approximate surface area is 124 Å². The fourth-order valence-electron chi connectivity index (χ4n) is 2.53. The Morgan fingerprint density at radius 2 is 2.20 bits per heavy atom. The number of fused-ring (bicyclic) bond motifs is 1. The van der Waals surface area contributed by atoms with Gasteiger partial charge < -0.3 is 10.1 Å². The molecule has 20 heavy (non-hydrogen) atoms. The van der Waals surface area contributed by atoms with Gasteiger partial charge in [-0.15, -0.1) is 11.3 Å². The van der Waals surface area contributed by atoms with Crippen molar-refractivity contribution in [1.29, 1.82) is 0 Å². The maximum atomic E-state index is 5.59. The van der Waals surface area contributed by atoms with Crippen LogP contribution in [0.1, 0.15) is 41.7 Å². The fraction of sp³-hybridized carbons (Fsp3) is 0.438. The molecule has 0 radical (unpaired) electrons. The van der Waals surface area contributed by atoms with E-state index >= 15 is 0 Å². The molecule has 1 aromatic carbocycles. The van der Waals surface area contributed by atoms with Crippen molar-refractivity contribution in [2.75, 3.05) is 6.61 Å². The first kappa shape index (κ1) is 13.6. The van der Waals surface area contributed by atoms with Crippen LogP contribution in [0.3, 0.4) is 0 Å². The minimum atomic E-state index is 0.166. The minimum Gasteiger partial charge on any atom is -0.493 e. The van der Waals surface area contributed by atoms with E-state index in [1.165, 1.54) is 11.1 Å². The largest absolute Gasteiger partial charge is 0.493 e. The smallest absolute Gasteiger partial charge is 0.122 e. The number of hydrogen-bond donors (Lipinski definition) is 1. The zero-order valence-corrected chi connectivity index (χ0v) is 13.0. The van der Waals surface area contributed by atoms with Crippen LogP contribution in [0.5, 0.6) is 5.75 Å². The fourth-order valence-corrected chi connectivity index (χ4v) is 3.42. The number of aryl methyl sites for hydroxylation is 1. The van der Waals surface area contributed by atoms with Gasteiger partial charge in [0.1, 0.15) is 10.8 Å². The van der Waals surface area contributed by atoms with Gasteiger partial charge >= 0.3 is 0 Å². The van der Waals surface area contributed by atoms with Crippen molar-refractivity contribution >= 4 is 11.3 Å². The Morgan fingerprint density at radius 1 is 1.35 bits per heavy atom. The van der Waals surface area contributed by atoms with Crippen LogP contribution in [-0.2, 0) is 6.42 Å². The van der Waals surface area contributed by atoms with Crippen molar-refractivity contribution in [2.24, 2.45) is 0 Å². The lowest BCUT2D eigenvalue weighted by Crippen LogP contribution is -2.29. The van der Waals surface area contributed by atoms with Gasteiger partial charge in [-0.05, 0) is 44.0 Å². The Hall–Kier alpha value is -1.39. The predicted octanol–water partition coefficient (Wildman–Crippen LogP) is 3.47. The molecule has 1 atom stereocenters. The van der Waals surface area contributed by atoms with Gasteiger partial charge in [-0.3, -0.25) is 0 Å². The van der Waals surface area contributed by atoms with Crippen molar-refractivity contribution in [3.63, 3.8) is 0 Å². The van der Waals surface area contributed by atoms with E-state index in [0.29, 0.717) is 6.04 Å². The van der Waals surface area contributed by atoms with Gasteiger partial charge in [-0.25, -0.2) is 4.98 Å².